The zero-order valence-corrected chi connectivity index (χ0v) is 12.5. The number of carbonyl (C=O) groups excluding carboxylic acids is 1. The van der Waals surface area contributed by atoms with E-state index in [0.29, 0.717) is 12.1 Å². The van der Waals surface area contributed by atoms with E-state index in [1.807, 2.05) is 24.3 Å². The minimum Gasteiger partial charge on any atom is -0.504 e. The molecule has 0 fully saturated rings. The predicted octanol–water partition coefficient (Wildman–Crippen LogP) is 3.13. The molecule has 0 heterocycles. The molecule has 20 heavy (non-hydrogen) atoms. The van der Waals surface area contributed by atoms with Gasteiger partial charge < -0.3 is 15.1 Å². The lowest BCUT2D eigenvalue weighted by Gasteiger charge is -2.17. The van der Waals surface area contributed by atoms with Gasteiger partial charge in [-0.3, -0.25) is 4.79 Å². The van der Waals surface area contributed by atoms with Crippen molar-refractivity contribution in [2.24, 2.45) is 0 Å². The maximum Gasteiger partial charge on any atom is 0.254 e. The number of phenols is 2. The second kappa shape index (κ2) is 5.96. The lowest BCUT2D eigenvalue weighted by atomic mass is 10.1. The van der Waals surface area contributed by atoms with Gasteiger partial charge in [0.2, 0.25) is 0 Å². The van der Waals surface area contributed by atoms with Crippen molar-refractivity contribution in [1.29, 1.82) is 0 Å². The minimum absolute atomic E-state index is 0.219. The third kappa shape index (κ3) is 3.30. The lowest BCUT2D eigenvalue weighted by molar-refractivity contribution is 0.0784. The molecule has 2 aromatic rings. The monoisotopic (exact) mass is 335 g/mol. The summed E-state index contributed by atoms with van der Waals surface area (Å²) in [6, 6.07) is 11.7. The summed E-state index contributed by atoms with van der Waals surface area (Å²) in [6.07, 6.45) is 0. The Morgan fingerprint density at radius 1 is 1.10 bits per heavy atom. The van der Waals surface area contributed by atoms with Crippen LogP contribution < -0.4 is 0 Å². The molecule has 0 aliphatic carbocycles. The number of carbonyl (C=O) groups is 1. The average Bonchev–Trinajstić information content (AvgIpc) is 2.43. The second-order valence-electron chi connectivity index (χ2n) is 4.49. The maximum absolute atomic E-state index is 12.2. The van der Waals surface area contributed by atoms with Gasteiger partial charge in [0.25, 0.3) is 5.91 Å². The Bertz CT molecular complexity index is 626. The highest BCUT2D eigenvalue weighted by Crippen LogP contribution is 2.25. The summed E-state index contributed by atoms with van der Waals surface area (Å²) in [6.45, 7) is 0.466. The largest absolute Gasteiger partial charge is 0.504 e. The van der Waals surface area contributed by atoms with E-state index in [2.05, 4.69) is 15.9 Å². The number of amides is 1. The third-order valence-electron chi connectivity index (χ3n) is 2.90. The molecule has 5 heteroatoms. The Labute approximate surface area is 125 Å². The van der Waals surface area contributed by atoms with Crippen molar-refractivity contribution < 1.29 is 15.0 Å². The van der Waals surface area contributed by atoms with Crippen molar-refractivity contribution in [3.8, 4) is 11.5 Å². The number of aromatic hydroxyl groups is 2. The van der Waals surface area contributed by atoms with Gasteiger partial charge in [-0.25, -0.2) is 0 Å². The van der Waals surface area contributed by atoms with E-state index in [0.717, 1.165) is 10.0 Å². The summed E-state index contributed by atoms with van der Waals surface area (Å²) in [5.74, 6) is -0.756. The van der Waals surface area contributed by atoms with Crippen molar-refractivity contribution in [1.82, 2.24) is 4.90 Å². The summed E-state index contributed by atoms with van der Waals surface area (Å²) < 4.78 is 0.985. The second-order valence-corrected chi connectivity index (χ2v) is 5.41. The lowest BCUT2D eigenvalue weighted by Crippen LogP contribution is -2.26. The Morgan fingerprint density at radius 3 is 2.35 bits per heavy atom. The van der Waals surface area contributed by atoms with E-state index in [4.69, 9.17) is 0 Å². The van der Waals surface area contributed by atoms with E-state index in [-0.39, 0.29) is 17.4 Å². The molecule has 0 atom stereocenters. The van der Waals surface area contributed by atoms with Crippen LogP contribution >= 0.6 is 15.9 Å². The molecule has 0 aliphatic rings. The Balaban J connectivity index is 2.11. The highest BCUT2D eigenvalue weighted by Gasteiger charge is 2.13. The Kier molecular flexibility index (Phi) is 4.29. The van der Waals surface area contributed by atoms with Crippen LogP contribution in [0.25, 0.3) is 0 Å². The predicted molar refractivity (Wildman–Crippen MR) is 79.7 cm³/mol. The first-order valence-corrected chi connectivity index (χ1v) is 6.78. The Morgan fingerprint density at radius 2 is 1.75 bits per heavy atom. The van der Waals surface area contributed by atoms with Gasteiger partial charge >= 0.3 is 0 Å². The summed E-state index contributed by atoms with van der Waals surface area (Å²) in [5.41, 5.74) is 1.34. The molecule has 0 spiro atoms. The molecule has 0 aromatic heterocycles. The Hall–Kier alpha value is -2.01. The van der Waals surface area contributed by atoms with Gasteiger partial charge in [-0.1, -0.05) is 28.1 Å². The van der Waals surface area contributed by atoms with E-state index >= 15 is 0 Å². The summed E-state index contributed by atoms with van der Waals surface area (Å²) >= 11 is 3.36. The van der Waals surface area contributed by atoms with Crippen LogP contribution in [-0.2, 0) is 6.54 Å². The van der Waals surface area contributed by atoms with Crippen molar-refractivity contribution in [2.45, 2.75) is 6.54 Å². The van der Waals surface area contributed by atoms with E-state index in [9.17, 15) is 15.0 Å². The van der Waals surface area contributed by atoms with Gasteiger partial charge in [-0.2, -0.15) is 0 Å². The number of halogens is 1. The van der Waals surface area contributed by atoms with Crippen molar-refractivity contribution in [3.63, 3.8) is 0 Å². The van der Waals surface area contributed by atoms with Gasteiger partial charge in [0.05, 0.1) is 0 Å². The average molecular weight is 336 g/mol. The van der Waals surface area contributed by atoms with Crippen molar-refractivity contribution >= 4 is 21.8 Å². The smallest absolute Gasteiger partial charge is 0.254 e. The van der Waals surface area contributed by atoms with E-state index < -0.39 is 0 Å². The third-order valence-corrected chi connectivity index (χ3v) is 3.43. The number of phenolic OH excluding ortho intramolecular Hbond substituents is 2. The molecule has 2 aromatic carbocycles. The number of rotatable bonds is 3. The summed E-state index contributed by atoms with van der Waals surface area (Å²) in [4.78, 5) is 13.8. The molecule has 0 saturated heterocycles. The molecule has 0 unspecified atom stereocenters. The molecule has 4 nitrogen and oxygen atoms in total. The molecule has 0 bridgehead atoms. The zero-order valence-electron chi connectivity index (χ0n) is 10.9. The van der Waals surface area contributed by atoms with Gasteiger partial charge in [0.15, 0.2) is 11.5 Å². The van der Waals surface area contributed by atoms with Crippen LogP contribution in [0.1, 0.15) is 15.9 Å². The fraction of sp³-hybridized carbons (Fsp3) is 0.133. The molecular weight excluding hydrogens is 322 g/mol. The quantitative estimate of drug-likeness (QED) is 0.847. The van der Waals surface area contributed by atoms with Crippen LogP contribution in [-0.4, -0.2) is 28.1 Å². The van der Waals surface area contributed by atoms with Gasteiger partial charge in [0.1, 0.15) is 0 Å². The van der Waals surface area contributed by atoms with Crippen molar-refractivity contribution in [3.05, 3.63) is 58.1 Å². The van der Waals surface area contributed by atoms with Crippen LogP contribution in [0.4, 0.5) is 0 Å². The fourth-order valence-electron chi connectivity index (χ4n) is 1.81. The first-order valence-electron chi connectivity index (χ1n) is 5.99. The van der Waals surface area contributed by atoms with Gasteiger partial charge in [-0.15, -0.1) is 0 Å². The normalized spacial score (nSPS) is 10.3. The zero-order chi connectivity index (χ0) is 14.7. The highest BCUT2D eigenvalue weighted by atomic mass is 79.9. The fourth-order valence-corrected chi connectivity index (χ4v) is 2.08. The topological polar surface area (TPSA) is 60.8 Å². The summed E-state index contributed by atoms with van der Waals surface area (Å²) in [7, 11) is 1.69. The molecule has 2 N–H and O–H groups in total. The van der Waals surface area contributed by atoms with E-state index in [1.165, 1.54) is 18.2 Å². The van der Waals surface area contributed by atoms with Crippen LogP contribution in [0.15, 0.2) is 46.9 Å². The summed E-state index contributed by atoms with van der Waals surface area (Å²) in [5, 5.41) is 18.7. The van der Waals surface area contributed by atoms with Crippen LogP contribution in [0.3, 0.4) is 0 Å². The minimum atomic E-state index is -0.298. The standard InChI is InChI=1S/C15H14BrNO3/c1-17(9-10-2-5-12(16)6-3-10)15(20)11-4-7-13(18)14(19)8-11/h2-8,18-19H,9H2,1H3. The van der Waals surface area contributed by atoms with Crippen LogP contribution in [0, 0.1) is 0 Å². The van der Waals surface area contributed by atoms with Gasteiger partial charge in [0, 0.05) is 23.6 Å². The molecule has 104 valence electrons. The first kappa shape index (κ1) is 14.4. The molecule has 2 rings (SSSR count). The molecule has 1 amide bonds. The highest BCUT2D eigenvalue weighted by molar-refractivity contribution is 9.10. The van der Waals surface area contributed by atoms with E-state index in [1.54, 1.807) is 11.9 Å². The molecule has 0 aliphatic heterocycles. The number of hydrogen-bond donors (Lipinski definition) is 2. The molecule has 0 radical (unpaired) electrons. The molecule has 0 saturated carbocycles. The van der Waals surface area contributed by atoms with Crippen LogP contribution in [0.5, 0.6) is 11.5 Å². The number of hydrogen-bond acceptors (Lipinski definition) is 3. The first-order chi connectivity index (χ1) is 9.47. The number of benzene rings is 2. The van der Waals surface area contributed by atoms with Crippen LogP contribution in [0.2, 0.25) is 0 Å². The van der Waals surface area contributed by atoms with Crippen molar-refractivity contribution in [2.75, 3.05) is 7.05 Å². The maximum atomic E-state index is 12.2. The molecular formula is C15H14BrNO3. The van der Waals surface area contributed by atoms with Gasteiger partial charge in [-0.05, 0) is 35.9 Å². The SMILES string of the molecule is CN(Cc1ccc(Br)cc1)C(=O)c1ccc(O)c(O)c1. The number of nitrogens with zero attached hydrogens (tertiary/aromatic N) is 1.